The van der Waals surface area contributed by atoms with Gasteiger partial charge in [0.2, 0.25) is 0 Å². The van der Waals surface area contributed by atoms with Crippen LogP contribution in [0.25, 0.3) is 11.1 Å². The minimum Gasteiger partial charge on any atom is -0.428 e. The third-order valence-electron chi connectivity index (χ3n) is 6.23. The van der Waals surface area contributed by atoms with Crippen LogP contribution in [0.15, 0.2) is 64.2 Å². The highest BCUT2D eigenvalue weighted by Crippen LogP contribution is 2.31. The molecule has 0 saturated heterocycles. The van der Waals surface area contributed by atoms with Crippen LogP contribution in [-0.4, -0.2) is 23.0 Å². The highest BCUT2D eigenvalue weighted by molar-refractivity contribution is 7.92. The lowest BCUT2D eigenvalue weighted by molar-refractivity contribution is 0.511. The molecule has 4 rings (SSSR count). The molecule has 1 N–H and O–H groups in total. The molecule has 0 spiro atoms. The van der Waals surface area contributed by atoms with Crippen molar-refractivity contribution in [3.05, 3.63) is 83.3 Å². The standard InChI is InChI=1S/C29H36N4O3S/c1-19(2)16-23-10-13-26(37(34,35)32-28-31-20(3)21(4)36-28)25(17-23)24-11-8-22(9-12-24)18-33-15-14-30-27(33)29(5,6)7/h8-15,17,19H,16,18H2,1-7H3,(H,31,32). The van der Waals surface area contributed by atoms with Crippen molar-refractivity contribution in [3.63, 3.8) is 0 Å². The van der Waals surface area contributed by atoms with E-state index in [1.54, 1.807) is 19.9 Å². The molecule has 37 heavy (non-hydrogen) atoms. The fraction of sp³-hybridized carbons (Fsp3) is 0.379. The van der Waals surface area contributed by atoms with Gasteiger partial charge >= 0.3 is 6.01 Å². The van der Waals surface area contributed by atoms with E-state index >= 15 is 0 Å². The van der Waals surface area contributed by atoms with Gasteiger partial charge in [0.25, 0.3) is 10.0 Å². The zero-order valence-electron chi connectivity index (χ0n) is 22.7. The van der Waals surface area contributed by atoms with Gasteiger partial charge < -0.3 is 8.98 Å². The third-order valence-corrected chi connectivity index (χ3v) is 7.61. The number of aryl methyl sites for hydroxylation is 2. The van der Waals surface area contributed by atoms with Crippen molar-refractivity contribution in [3.8, 4) is 11.1 Å². The molecule has 0 fully saturated rings. The normalized spacial score (nSPS) is 12.3. The highest BCUT2D eigenvalue weighted by atomic mass is 32.2. The van der Waals surface area contributed by atoms with Crippen LogP contribution in [0, 0.1) is 19.8 Å². The number of benzene rings is 2. The second-order valence-corrected chi connectivity index (χ2v) is 12.7. The van der Waals surface area contributed by atoms with Crippen LogP contribution in [0.1, 0.15) is 63.0 Å². The average Bonchev–Trinajstić information content (AvgIpc) is 3.39. The second kappa shape index (κ2) is 10.2. The van der Waals surface area contributed by atoms with E-state index in [1.165, 1.54) is 0 Å². The molecule has 0 atom stereocenters. The Morgan fingerprint density at radius 3 is 2.30 bits per heavy atom. The van der Waals surface area contributed by atoms with Crippen LogP contribution in [-0.2, 0) is 28.4 Å². The quantitative estimate of drug-likeness (QED) is 0.286. The molecule has 2 aromatic carbocycles. The number of imidazole rings is 1. The smallest absolute Gasteiger partial charge is 0.309 e. The first-order valence-electron chi connectivity index (χ1n) is 12.5. The molecule has 0 aliphatic rings. The summed E-state index contributed by atoms with van der Waals surface area (Å²) in [6.45, 7) is 15.0. The van der Waals surface area contributed by atoms with Crippen molar-refractivity contribution < 1.29 is 12.8 Å². The lowest BCUT2D eigenvalue weighted by Gasteiger charge is -2.20. The van der Waals surface area contributed by atoms with Crippen LogP contribution in [0.2, 0.25) is 0 Å². The third kappa shape index (κ3) is 6.13. The number of aromatic nitrogens is 3. The Balaban J connectivity index is 1.70. The first-order chi connectivity index (χ1) is 17.3. The van der Waals surface area contributed by atoms with Gasteiger partial charge in [-0.05, 0) is 55.0 Å². The molecule has 0 saturated carbocycles. The van der Waals surface area contributed by atoms with Crippen LogP contribution < -0.4 is 4.72 Å². The predicted molar refractivity (Wildman–Crippen MR) is 147 cm³/mol. The van der Waals surface area contributed by atoms with Crippen molar-refractivity contribution >= 4 is 16.0 Å². The molecule has 0 bridgehead atoms. The van der Waals surface area contributed by atoms with Gasteiger partial charge in [0.1, 0.15) is 11.6 Å². The summed E-state index contributed by atoms with van der Waals surface area (Å²) in [5.41, 5.74) is 4.26. The first kappa shape index (κ1) is 26.7. The predicted octanol–water partition coefficient (Wildman–Crippen LogP) is 6.50. The topological polar surface area (TPSA) is 90.0 Å². The van der Waals surface area contributed by atoms with Gasteiger partial charge in [-0.1, -0.05) is 65.0 Å². The molecule has 7 nitrogen and oxygen atoms in total. The number of nitrogens with one attached hydrogen (secondary N) is 1. The summed E-state index contributed by atoms with van der Waals surface area (Å²) in [6.07, 6.45) is 4.68. The molecule has 0 unspecified atom stereocenters. The van der Waals surface area contributed by atoms with Gasteiger partial charge in [0.15, 0.2) is 0 Å². The van der Waals surface area contributed by atoms with Crippen molar-refractivity contribution in [1.82, 2.24) is 14.5 Å². The van der Waals surface area contributed by atoms with Gasteiger partial charge in [0, 0.05) is 29.9 Å². The molecular weight excluding hydrogens is 484 g/mol. The Bertz CT molecular complexity index is 1470. The van der Waals surface area contributed by atoms with E-state index < -0.39 is 10.0 Å². The molecular formula is C29H36N4O3S. The molecule has 0 aliphatic carbocycles. The number of anilines is 1. The van der Waals surface area contributed by atoms with Gasteiger partial charge in [-0.25, -0.2) is 18.1 Å². The Labute approximate surface area is 220 Å². The maximum absolute atomic E-state index is 13.4. The number of hydrogen-bond acceptors (Lipinski definition) is 5. The SMILES string of the molecule is Cc1nc(NS(=O)(=O)c2ccc(CC(C)C)cc2-c2ccc(Cn3ccnc3C(C)(C)C)cc2)oc1C. The number of oxazole rings is 1. The van der Waals surface area contributed by atoms with E-state index in [-0.39, 0.29) is 16.3 Å². The molecule has 196 valence electrons. The van der Waals surface area contributed by atoms with Crippen LogP contribution in [0.3, 0.4) is 0 Å². The fourth-order valence-electron chi connectivity index (χ4n) is 4.39. The van der Waals surface area contributed by atoms with Crippen molar-refractivity contribution in [1.29, 1.82) is 0 Å². The van der Waals surface area contributed by atoms with E-state index in [4.69, 9.17) is 4.42 Å². The summed E-state index contributed by atoms with van der Waals surface area (Å²) in [5, 5.41) is 0. The first-order valence-corrected chi connectivity index (χ1v) is 14.0. The second-order valence-electron chi connectivity index (χ2n) is 11.0. The lowest BCUT2D eigenvalue weighted by Crippen LogP contribution is -2.19. The largest absolute Gasteiger partial charge is 0.428 e. The van der Waals surface area contributed by atoms with Crippen LogP contribution in [0.5, 0.6) is 0 Å². The summed E-state index contributed by atoms with van der Waals surface area (Å²) in [6, 6.07) is 13.6. The summed E-state index contributed by atoms with van der Waals surface area (Å²) >= 11 is 0. The number of hydrogen-bond donors (Lipinski definition) is 1. The molecule has 0 amide bonds. The van der Waals surface area contributed by atoms with E-state index in [1.807, 2.05) is 48.8 Å². The molecule has 2 aromatic heterocycles. The zero-order chi connectivity index (χ0) is 27.0. The van der Waals surface area contributed by atoms with Crippen molar-refractivity contribution in [2.24, 2.45) is 5.92 Å². The molecule has 0 aliphatic heterocycles. The summed E-state index contributed by atoms with van der Waals surface area (Å²) in [5.74, 6) is 2.05. The van der Waals surface area contributed by atoms with E-state index in [0.717, 1.165) is 28.9 Å². The number of rotatable bonds is 8. The Morgan fingerprint density at radius 1 is 1.03 bits per heavy atom. The van der Waals surface area contributed by atoms with E-state index in [2.05, 4.69) is 53.9 Å². The minimum atomic E-state index is -3.93. The van der Waals surface area contributed by atoms with Gasteiger partial charge in [-0.3, -0.25) is 0 Å². The van der Waals surface area contributed by atoms with Crippen molar-refractivity contribution in [2.75, 3.05) is 4.72 Å². The summed E-state index contributed by atoms with van der Waals surface area (Å²) in [4.78, 5) is 8.91. The van der Waals surface area contributed by atoms with Crippen LogP contribution >= 0.6 is 0 Å². The summed E-state index contributed by atoms with van der Waals surface area (Å²) in [7, 11) is -3.93. The molecule has 2 heterocycles. The number of nitrogens with zero attached hydrogens (tertiary/aromatic N) is 3. The van der Waals surface area contributed by atoms with Gasteiger partial charge in [-0.2, -0.15) is 4.98 Å². The van der Waals surface area contributed by atoms with Gasteiger partial charge in [-0.15, -0.1) is 0 Å². The highest BCUT2D eigenvalue weighted by Gasteiger charge is 2.23. The maximum Gasteiger partial charge on any atom is 0.309 e. The molecule has 0 radical (unpaired) electrons. The van der Waals surface area contributed by atoms with Crippen molar-refractivity contribution in [2.45, 2.75) is 71.7 Å². The fourth-order valence-corrected chi connectivity index (χ4v) is 5.53. The Kier molecular flexibility index (Phi) is 7.33. The number of sulfonamides is 1. The molecule has 4 aromatic rings. The lowest BCUT2D eigenvalue weighted by atomic mass is 9.95. The molecule has 8 heteroatoms. The van der Waals surface area contributed by atoms with E-state index in [9.17, 15) is 8.42 Å². The Hall–Kier alpha value is -3.39. The average molecular weight is 521 g/mol. The minimum absolute atomic E-state index is 0.0301. The maximum atomic E-state index is 13.4. The van der Waals surface area contributed by atoms with Crippen LogP contribution in [0.4, 0.5) is 6.01 Å². The zero-order valence-corrected chi connectivity index (χ0v) is 23.5. The van der Waals surface area contributed by atoms with E-state index in [0.29, 0.717) is 29.5 Å². The Morgan fingerprint density at radius 2 is 1.70 bits per heavy atom. The summed E-state index contributed by atoms with van der Waals surface area (Å²) < 4.78 is 37.0. The monoisotopic (exact) mass is 520 g/mol. The van der Waals surface area contributed by atoms with Gasteiger partial charge in [0.05, 0.1) is 10.6 Å².